The van der Waals surface area contributed by atoms with E-state index in [4.69, 9.17) is 15.6 Å². The first-order valence-corrected chi connectivity index (χ1v) is 10.5. The molecule has 3 heterocycles. The van der Waals surface area contributed by atoms with Crippen molar-refractivity contribution in [2.24, 2.45) is 15.8 Å². The van der Waals surface area contributed by atoms with Crippen LogP contribution in [0.3, 0.4) is 0 Å². The van der Waals surface area contributed by atoms with Crippen LogP contribution in [-0.2, 0) is 6.61 Å². The molecule has 8 nitrogen and oxygen atoms in total. The number of hydrogen-bond acceptors (Lipinski definition) is 6. The topological polar surface area (TPSA) is 90.7 Å². The Morgan fingerprint density at radius 2 is 1.97 bits per heavy atom. The molecule has 8 heteroatoms. The maximum absolute atomic E-state index is 6.78. The summed E-state index contributed by atoms with van der Waals surface area (Å²) in [6, 6.07) is 15.9. The number of aliphatic imine (C=N–C) groups is 2. The Balaban J connectivity index is 1.23. The van der Waals surface area contributed by atoms with Crippen molar-refractivity contribution in [2.45, 2.75) is 6.61 Å². The van der Waals surface area contributed by atoms with E-state index in [1.165, 1.54) is 6.33 Å². The average molecular weight is 434 g/mol. The van der Waals surface area contributed by atoms with Crippen LogP contribution < -0.4 is 10.6 Å². The Bertz CT molecular complexity index is 1410. The summed E-state index contributed by atoms with van der Waals surface area (Å²) in [6.07, 6.45) is 14.6. The Morgan fingerprint density at radius 3 is 2.73 bits per heavy atom. The summed E-state index contributed by atoms with van der Waals surface area (Å²) in [5, 5.41) is 4.14. The highest BCUT2D eigenvalue weighted by atomic mass is 16.5. The fourth-order valence-corrected chi connectivity index (χ4v) is 3.92. The number of hydrogen-bond donors (Lipinski definition) is 1. The van der Waals surface area contributed by atoms with Gasteiger partial charge < -0.3 is 4.74 Å². The molecule has 0 saturated carbocycles. The molecule has 2 aliphatic heterocycles. The summed E-state index contributed by atoms with van der Waals surface area (Å²) < 4.78 is 7.78. The van der Waals surface area contributed by atoms with Crippen molar-refractivity contribution < 1.29 is 9.33 Å². The number of nitrogens with two attached hydrogens (primary N) is 1. The van der Waals surface area contributed by atoms with Crippen molar-refractivity contribution in [2.75, 3.05) is 0 Å². The van der Waals surface area contributed by atoms with Crippen LogP contribution in [-0.4, -0.2) is 31.4 Å². The van der Waals surface area contributed by atoms with Gasteiger partial charge >= 0.3 is 0 Å². The van der Waals surface area contributed by atoms with Crippen LogP contribution >= 0.6 is 0 Å². The van der Waals surface area contributed by atoms with Gasteiger partial charge in [-0.1, -0.05) is 36.4 Å². The first kappa shape index (κ1) is 19.3. The first-order chi connectivity index (χ1) is 16.2. The van der Waals surface area contributed by atoms with E-state index >= 15 is 0 Å². The van der Waals surface area contributed by atoms with Gasteiger partial charge in [0.2, 0.25) is 5.70 Å². The summed E-state index contributed by atoms with van der Waals surface area (Å²) in [5.74, 6) is 8.26. The summed E-state index contributed by atoms with van der Waals surface area (Å²) in [4.78, 5) is 13.1. The van der Waals surface area contributed by atoms with Crippen LogP contribution in [0, 0.1) is 0 Å². The number of aromatic nitrogens is 3. The minimum atomic E-state index is -0.0167. The number of allylic oxidation sites excluding steroid dienone is 4. The van der Waals surface area contributed by atoms with Crippen LogP contribution in [0.1, 0.15) is 11.1 Å². The molecule has 1 atom stereocenters. The van der Waals surface area contributed by atoms with Gasteiger partial charge in [0.25, 0.3) is 5.84 Å². The maximum atomic E-state index is 6.78. The fraction of sp³-hybridized carbons (Fsp3) is 0.0400. The second-order valence-corrected chi connectivity index (χ2v) is 7.83. The quantitative estimate of drug-likeness (QED) is 0.474. The summed E-state index contributed by atoms with van der Waals surface area (Å²) in [5.41, 5.74) is 5.64. The number of nitrogens with zero attached hydrogens (tertiary/aromatic N) is 6. The zero-order valence-electron chi connectivity index (χ0n) is 17.6. The van der Waals surface area contributed by atoms with Gasteiger partial charge in [0.15, 0.2) is 0 Å². The van der Waals surface area contributed by atoms with Crippen molar-refractivity contribution in [3.8, 4) is 11.4 Å². The van der Waals surface area contributed by atoms with Crippen molar-refractivity contribution in [1.29, 1.82) is 0 Å². The molecule has 1 unspecified atom stereocenters. The van der Waals surface area contributed by atoms with Crippen molar-refractivity contribution >= 4 is 12.1 Å². The molecule has 2 aromatic carbocycles. The van der Waals surface area contributed by atoms with Crippen LogP contribution in [0.15, 0.2) is 119 Å². The van der Waals surface area contributed by atoms with Crippen LogP contribution in [0.4, 0.5) is 0 Å². The highest BCUT2D eigenvalue weighted by molar-refractivity contribution is 6.01. The van der Waals surface area contributed by atoms with Crippen molar-refractivity contribution in [3.63, 3.8) is 0 Å². The molecule has 3 aliphatic rings. The molecule has 3 aromatic rings. The van der Waals surface area contributed by atoms with Gasteiger partial charge in [-0.3, -0.25) is 4.99 Å². The monoisotopic (exact) mass is 434 g/mol. The molecule has 1 aromatic heterocycles. The molecule has 0 radical (unpaired) electrons. The van der Waals surface area contributed by atoms with Crippen molar-refractivity contribution in [3.05, 3.63) is 120 Å². The number of amidine groups is 1. The smallest absolute Gasteiger partial charge is 0.265 e. The summed E-state index contributed by atoms with van der Waals surface area (Å²) in [6.45, 7) is 0.440. The van der Waals surface area contributed by atoms with Gasteiger partial charge in [0.1, 0.15) is 36.9 Å². The predicted molar refractivity (Wildman–Crippen MR) is 125 cm³/mol. The number of ether oxygens (including phenoxy) is 1. The van der Waals surface area contributed by atoms with Gasteiger partial charge in [0, 0.05) is 5.57 Å². The lowest BCUT2D eigenvalue weighted by Gasteiger charge is -2.26. The van der Waals surface area contributed by atoms with Crippen LogP contribution in [0.5, 0.6) is 5.75 Å². The van der Waals surface area contributed by atoms with Crippen molar-refractivity contribution in [1.82, 2.24) is 14.8 Å². The molecule has 0 fully saturated rings. The molecule has 160 valence electrons. The van der Waals surface area contributed by atoms with Gasteiger partial charge in [-0.25, -0.2) is 9.67 Å². The van der Waals surface area contributed by atoms with Gasteiger partial charge in [-0.2, -0.15) is 15.9 Å². The molecule has 33 heavy (non-hydrogen) atoms. The normalized spacial score (nSPS) is 20.4. The third-order valence-electron chi connectivity index (χ3n) is 5.74. The summed E-state index contributed by atoms with van der Waals surface area (Å²) >= 11 is 0. The standard InChI is InChI=1S/C25H20N7O/c26-32-12-11-27-14-23(32)24(19-3-1-4-19)30-25(32)20-5-2-6-22(13-20)33-15-18-7-9-21(10-8-18)31-17-28-16-29-31/h1-14,16-17H,15,26H2/q+1. The highest BCUT2D eigenvalue weighted by Crippen LogP contribution is 2.36. The first-order valence-electron chi connectivity index (χ1n) is 10.5. The van der Waals surface area contributed by atoms with E-state index in [1.807, 2.05) is 73.0 Å². The number of quaternary nitrogens is 1. The molecule has 2 N–H and O–H groups in total. The molecule has 0 bridgehead atoms. The van der Waals surface area contributed by atoms with E-state index in [2.05, 4.69) is 15.1 Å². The molecule has 0 saturated heterocycles. The summed E-state index contributed by atoms with van der Waals surface area (Å²) in [7, 11) is 0. The lowest BCUT2D eigenvalue weighted by molar-refractivity contribution is -0.750. The van der Waals surface area contributed by atoms with E-state index in [0.717, 1.165) is 45.4 Å². The Morgan fingerprint density at radius 1 is 1.09 bits per heavy atom. The maximum Gasteiger partial charge on any atom is 0.265 e. The minimum Gasteiger partial charge on any atom is -0.489 e. The molecule has 0 spiro atoms. The zero-order valence-corrected chi connectivity index (χ0v) is 17.6. The Hall–Kier alpha value is -4.40. The lowest BCUT2D eigenvalue weighted by atomic mass is 10.0. The van der Waals surface area contributed by atoms with Gasteiger partial charge in [-0.15, -0.1) is 4.59 Å². The zero-order chi connectivity index (χ0) is 22.3. The average Bonchev–Trinajstić information content (AvgIpc) is 3.44. The minimum absolute atomic E-state index is 0.0167. The largest absolute Gasteiger partial charge is 0.489 e. The Labute approximate surface area is 190 Å². The second-order valence-electron chi connectivity index (χ2n) is 7.83. The van der Waals surface area contributed by atoms with E-state index < -0.39 is 0 Å². The molecular weight excluding hydrogens is 414 g/mol. The third kappa shape index (κ3) is 3.34. The fourth-order valence-electron chi connectivity index (χ4n) is 3.92. The lowest BCUT2D eigenvalue weighted by Crippen LogP contribution is -2.53. The molecule has 0 amide bonds. The molecular formula is C25H20N7O+. The van der Waals surface area contributed by atoms with E-state index in [9.17, 15) is 0 Å². The molecule has 1 aliphatic carbocycles. The Kier molecular flexibility index (Phi) is 4.46. The second kappa shape index (κ2) is 7.63. The third-order valence-corrected chi connectivity index (χ3v) is 5.74. The van der Waals surface area contributed by atoms with Gasteiger partial charge in [-0.05, 0) is 35.9 Å². The molecule has 6 rings (SSSR count). The number of fused-ring (bicyclic) bond motifs is 1. The van der Waals surface area contributed by atoms with E-state index in [1.54, 1.807) is 23.4 Å². The van der Waals surface area contributed by atoms with Crippen LogP contribution in [0.25, 0.3) is 5.69 Å². The highest BCUT2D eigenvalue weighted by Gasteiger charge is 2.44. The van der Waals surface area contributed by atoms with Gasteiger partial charge in [0.05, 0.1) is 23.7 Å². The van der Waals surface area contributed by atoms with E-state index in [-0.39, 0.29) is 4.59 Å². The van der Waals surface area contributed by atoms with E-state index in [0.29, 0.717) is 6.61 Å². The van der Waals surface area contributed by atoms with Crippen LogP contribution in [0.2, 0.25) is 0 Å². The SMILES string of the molecule is N[N+]12C=CN=CC1=C(C1=CC=C1)N=C2c1cccc(OCc2ccc(-n3cncn3)cc2)c1. The number of rotatable bonds is 6. The predicted octanol–water partition coefficient (Wildman–Crippen LogP) is 3.56. The number of benzene rings is 2.